The first-order chi connectivity index (χ1) is 7.47. The summed E-state index contributed by atoms with van der Waals surface area (Å²) >= 11 is 0. The fourth-order valence-corrected chi connectivity index (χ4v) is 2.39. The molecule has 0 heterocycles. The summed E-state index contributed by atoms with van der Waals surface area (Å²) in [7, 11) is -2.17. The van der Waals surface area contributed by atoms with Gasteiger partial charge in [0.15, 0.2) is 0 Å². The lowest BCUT2D eigenvalue weighted by Crippen LogP contribution is -2.43. The molecule has 16 heavy (non-hydrogen) atoms. The van der Waals surface area contributed by atoms with E-state index < -0.39 is 16.1 Å². The van der Waals surface area contributed by atoms with Gasteiger partial charge in [0, 0.05) is 7.05 Å². The van der Waals surface area contributed by atoms with Crippen LogP contribution in [0.5, 0.6) is 0 Å². The van der Waals surface area contributed by atoms with E-state index in [1.54, 1.807) is 18.2 Å². The summed E-state index contributed by atoms with van der Waals surface area (Å²) in [6.07, 6.45) is 0. The molecule has 1 amide bonds. The molecule has 0 unspecified atom stereocenters. The van der Waals surface area contributed by atoms with Crippen LogP contribution < -0.4 is 10.0 Å². The summed E-state index contributed by atoms with van der Waals surface area (Å²) in [6.45, 7) is 1.49. The van der Waals surface area contributed by atoms with E-state index in [1.807, 2.05) is 0 Å². The van der Waals surface area contributed by atoms with Gasteiger partial charge in [-0.2, -0.15) is 4.72 Å². The van der Waals surface area contributed by atoms with Crippen molar-refractivity contribution in [2.75, 3.05) is 7.05 Å². The number of carbonyl (C=O) groups excluding carboxylic acids is 1. The van der Waals surface area contributed by atoms with Crippen molar-refractivity contribution in [2.24, 2.45) is 0 Å². The lowest BCUT2D eigenvalue weighted by Gasteiger charge is -2.12. The van der Waals surface area contributed by atoms with Crippen molar-refractivity contribution in [3.8, 4) is 0 Å². The Morgan fingerprint density at radius 2 is 1.81 bits per heavy atom. The van der Waals surface area contributed by atoms with Gasteiger partial charge in [-0.3, -0.25) is 4.79 Å². The molecule has 1 rings (SSSR count). The Kier molecular flexibility index (Phi) is 4.03. The summed E-state index contributed by atoms with van der Waals surface area (Å²) < 4.78 is 25.8. The van der Waals surface area contributed by atoms with E-state index in [9.17, 15) is 13.2 Å². The molecule has 0 aromatic heterocycles. The van der Waals surface area contributed by atoms with Crippen molar-refractivity contribution in [2.45, 2.75) is 17.9 Å². The first kappa shape index (κ1) is 12.7. The van der Waals surface area contributed by atoms with Crippen molar-refractivity contribution in [3.05, 3.63) is 30.3 Å². The Morgan fingerprint density at radius 3 is 2.31 bits per heavy atom. The van der Waals surface area contributed by atoms with E-state index >= 15 is 0 Å². The summed E-state index contributed by atoms with van der Waals surface area (Å²) in [5.74, 6) is -0.375. The highest BCUT2D eigenvalue weighted by molar-refractivity contribution is 7.89. The molecule has 88 valence electrons. The number of rotatable bonds is 4. The predicted octanol–water partition coefficient (Wildman–Crippen LogP) is 0.0994. The minimum Gasteiger partial charge on any atom is -0.358 e. The molecule has 1 aromatic carbocycles. The molecular weight excluding hydrogens is 228 g/mol. The van der Waals surface area contributed by atoms with Crippen LogP contribution in [0.2, 0.25) is 0 Å². The maximum atomic E-state index is 11.8. The molecule has 0 radical (unpaired) electrons. The van der Waals surface area contributed by atoms with E-state index in [-0.39, 0.29) is 10.8 Å². The summed E-state index contributed by atoms with van der Waals surface area (Å²) in [5, 5.41) is 2.37. The molecule has 0 fully saturated rings. The smallest absolute Gasteiger partial charge is 0.241 e. The summed E-state index contributed by atoms with van der Waals surface area (Å²) in [5.41, 5.74) is 0. The molecule has 0 spiro atoms. The third-order valence-electron chi connectivity index (χ3n) is 2.03. The van der Waals surface area contributed by atoms with Gasteiger partial charge < -0.3 is 5.32 Å². The monoisotopic (exact) mass is 242 g/mol. The van der Waals surface area contributed by atoms with Crippen molar-refractivity contribution in [1.82, 2.24) is 10.0 Å². The average Bonchev–Trinajstić information content (AvgIpc) is 2.28. The number of amides is 1. The first-order valence-corrected chi connectivity index (χ1v) is 6.24. The van der Waals surface area contributed by atoms with Gasteiger partial charge in [-0.1, -0.05) is 18.2 Å². The number of hydrogen-bond donors (Lipinski definition) is 2. The second-order valence-electron chi connectivity index (χ2n) is 3.27. The maximum absolute atomic E-state index is 11.8. The van der Waals surface area contributed by atoms with Crippen molar-refractivity contribution in [3.63, 3.8) is 0 Å². The van der Waals surface area contributed by atoms with E-state index in [0.29, 0.717) is 0 Å². The Morgan fingerprint density at radius 1 is 1.25 bits per heavy atom. The molecule has 0 aliphatic carbocycles. The van der Waals surface area contributed by atoms with Gasteiger partial charge in [-0.15, -0.1) is 0 Å². The first-order valence-electron chi connectivity index (χ1n) is 4.76. The maximum Gasteiger partial charge on any atom is 0.241 e. The molecule has 0 aliphatic heterocycles. The molecule has 0 saturated carbocycles. The van der Waals surface area contributed by atoms with Crippen molar-refractivity contribution < 1.29 is 13.2 Å². The van der Waals surface area contributed by atoms with Crippen LogP contribution in [0.1, 0.15) is 6.92 Å². The van der Waals surface area contributed by atoms with Crippen LogP contribution in [0, 0.1) is 0 Å². The number of sulfonamides is 1. The Balaban J connectivity index is 2.85. The fraction of sp³-hybridized carbons (Fsp3) is 0.300. The van der Waals surface area contributed by atoms with Crippen LogP contribution >= 0.6 is 0 Å². The summed E-state index contributed by atoms with van der Waals surface area (Å²) in [6, 6.07) is 7.12. The van der Waals surface area contributed by atoms with Gasteiger partial charge in [0.2, 0.25) is 15.9 Å². The second-order valence-corrected chi connectivity index (χ2v) is 4.98. The molecule has 1 atom stereocenters. The minimum atomic E-state index is -3.63. The van der Waals surface area contributed by atoms with E-state index in [0.717, 1.165) is 0 Å². The van der Waals surface area contributed by atoms with Gasteiger partial charge in [-0.25, -0.2) is 8.42 Å². The molecule has 2 N–H and O–H groups in total. The Hall–Kier alpha value is -1.40. The zero-order valence-corrected chi connectivity index (χ0v) is 9.91. The second kappa shape index (κ2) is 5.09. The molecule has 0 bridgehead atoms. The van der Waals surface area contributed by atoms with Gasteiger partial charge >= 0.3 is 0 Å². The molecule has 0 saturated heterocycles. The highest BCUT2D eigenvalue weighted by Gasteiger charge is 2.20. The van der Waals surface area contributed by atoms with Gasteiger partial charge in [-0.05, 0) is 19.1 Å². The van der Waals surface area contributed by atoms with Crippen LogP contribution in [-0.4, -0.2) is 27.4 Å². The van der Waals surface area contributed by atoms with Crippen LogP contribution in [-0.2, 0) is 14.8 Å². The predicted molar refractivity (Wildman–Crippen MR) is 60.3 cm³/mol. The molecule has 1 aromatic rings. The SMILES string of the molecule is CNC(=O)[C@H](C)NS(=O)(=O)c1ccccc1. The third kappa shape index (κ3) is 3.04. The van der Waals surface area contributed by atoms with Crippen molar-refractivity contribution in [1.29, 1.82) is 0 Å². The Bertz CT molecular complexity index is 456. The number of likely N-dealkylation sites (N-methyl/N-ethyl adjacent to an activating group) is 1. The average molecular weight is 242 g/mol. The number of nitrogens with one attached hydrogen (secondary N) is 2. The minimum absolute atomic E-state index is 0.144. The Labute approximate surface area is 94.9 Å². The van der Waals surface area contributed by atoms with E-state index in [2.05, 4.69) is 10.0 Å². The highest BCUT2D eigenvalue weighted by atomic mass is 32.2. The van der Waals surface area contributed by atoms with Crippen LogP contribution in [0.3, 0.4) is 0 Å². The molecule has 6 heteroatoms. The topological polar surface area (TPSA) is 75.3 Å². The number of carbonyl (C=O) groups is 1. The lowest BCUT2D eigenvalue weighted by molar-refractivity contribution is -0.121. The number of hydrogen-bond acceptors (Lipinski definition) is 3. The zero-order valence-electron chi connectivity index (χ0n) is 9.10. The molecular formula is C10H14N2O3S. The fourth-order valence-electron chi connectivity index (χ4n) is 1.17. The highest BCUT2D eigenvalue weighted by Crippen LogP contribution is 2.07. The van der Waals surface area contributed by atoms with Gasteiger partial charge in [0.25, 0.3) is 0 Å². The number of benzene rings is 1. The molecule has 0 aliphatic rings. The largest absolute Gasteiger partial charge is 0.358 e. The van der Waals surface area contributed by atoms with E-state index in [4.69, 9.17) is 0 Å². The normalized spacial score (nSPS) is 13.1. The molecule has 5 nitrogen and oxygen atoms in total. The summed E-state index contributed by atoms with van der Waals surface area (Å²) in [4.78, 5) is 11.3. The standard InChI is InChI=1S/C10H14N2O3S/c1-8(10(13)11-2)12-16(14,15)9-6-4-3-5-7-9/h3-8,12H,1-2H3,(H,11,13)/t8-/m0/s1. The van der Waals surface area contributed by atoms with Gasteiger partial charge in [0.1, 0.15) is 0 Å². The van der Waals surface area contributed by atoms with Crippen molar-refractivity contribution >= 4 is 15.9 Å². The zero-order chi connectivity index (χ0) is 12.2. The quantitative estimate of drug-likeness (QED) is 0.786. The van der Waals surface area contributed by atoms with Gasteiger partial charge in [0.05, 0.1) is 10.9 Å². The third-order valence-corrected chi connectivity index (χ3v) is 3.58. The van der Waals surface area contributed by atoms with Crippen LogP contribution in [0.4, 0.5) is 0 Å². The van der Waals surface area contributed by atoms with Crippen LogP contribution in [0.15, 0.2) is 35.2 Å². The van der Waals surface area contributed by atoms with E-state index in [1.165, 1.54) is 26.1 Å². The van der Waals surface area contributed by atoms with Crippen LogP contribution in [0.25, 0.3) is 0 Å². The lowest BCUT2D eigenvalue weighted by atomic mass is 10.3.